The molecule has 2 heterocycles. The van der Waals surface area contributed by atoms with E-state index in [9.17, 15) is 0 Å². The first-order chi connectivity index (χ1) is 9.47. The lowest BCUT2D eigenvalue weighted by atomic mass is 10.2. The predicted octanol–water partition coefficient (Wildman–Crippen LogP) is 2.68. The van der Waals surface area contributed by atoms with Crippen LogP contribution >= 0.6 is 11.6 Å². The molecule has 1 N–H and O–H groups in total. The molecule has 0 aromatic carbocycles. The van der Waals surface area contributed by atoms with Gasteiger partial charge in [-0.05, 0) is 33.7 Å². The summed E-state index contributed by atoms with van der Waals surface area (Å²) in [5.41, 5.74) is 3.98. The van der Waals surface area contributed by atoms with Crippen molar-refractivity contribution in [2.45, 2.75) is 40.7 Å². The maximum Gasteiger partial charge on any atom is 0.156 e. The van der Waals surface area contributed by atoms with Gasteiger partial charge in [-0.15, -0.1) is 0 Å². The molecule has 0 atom stereocenters. The molecule has 0 fully saturated rings. The summed E-state index contributed by atoms with van der Waals surface area (Å²) in [6.45, 7) is 9.87. The average Bonchev–Trinajstić information content (AvgIpc) is 2.81. The fourth-order valence-corrected chi connectivity index (χ4v) is 2.50. The minimum atomic E-state index is 0.719. The summed E-state index contributed by atoms with van der Waals surface area (Å²) in [7, 11) is 1.94. The molecule has 0 radical (unpaired) electrons. The summed E-state index contributed by atoms with van der Waals surface area (Å²) >= 11 is 6.26. The van der Waals surface area contributed by atoms with Gasteiger partial charge < -0.3 is 5.32 Å². The maximum atomic E-state index is 6.26. The Morgan fingerprint density at radius 3 is 2.40 bits per heavy atom. The van der Waals surface area contributed by atoms with Crippen LogP contribution in [0.15, 0.2) is 0 Å². The Kier molecular flexibility index (Phi) is 4.50. The molecule has 0 aliphatic carbocycles. The van der Waals surface area contributed by atoms with Gasteiger partial charge in [-0.1, -0.05) is 18.5 Å². The van der Waals surface area contributed by atoms with Crippen molar-refractivity contribution in [2.75, 3.05) is 6.54 Å². The second-order valence-electron chi connectivity index (χ2n) is 5.08. The molecule has 0 amide bonds. The zero-order chi connectivity index (χ0) is 14.9. The third-order valence-electron chi connectivity index (χ3n) is 3.45. The maximum absolute atomic E-state index is 6.26. The van der Waals surface area contributed by atoms with Crippen LogP contribution in [0.3, 0.4) is 0 Å². The van der Waals surface area contributed by atoms with E-state index >= 15 is 0 Å². The fraction of sp³-hybridized carbons (Fsp3) is 0.571. The van der Waals surface area contributed by atoms with Gasteiger partial charge in [-0.2, -0.15) is 10.2 Å². The lowest BCUT2D eigenvalue weighted by Crippen LogP contribution is -2.17. The Hall–Kier alpha value is -1.33. The van der Waals surface area contributed by atoms with Gasteiger partial charge in [0.05, 0.1) is 22.1 Å². The van der Waals surface area contributed by atoms with E-state index in [1.165, 1.54) is 5.56 Å². The van der Waals surface area contributed by atoms with E-state index in [0.717, 1.165) is 47.4 Å². The first kappa shape index (κ1) is 15.1. The minimum Gasteiger partial charge on any atom is -0.312 e. The molecule has 0 aliphatic rings. The number of nitrogens with one attached hydrogen (secondary N) is 1. The van der Waals surface area contributed by atoms with E-state index in [0.29, 0.717) is 0 Å². The SMILES string of the molecule is CCCNCc1c(C)nn(C)c1-n1nc(C)c(Cl)c1C. The molecule has 110 valence electrons. The molecule has 0 saturated heterocycles. The summed E-state index contributed by atoms with van der Waals surface area (Å²) in [5, 5.41) is 13.2. The van der Waals surface area contributed by atoms with Crippen molar-refractivity contribution >= 4 is 11.6 Å². The van der Waals surface area contributed by atoms with Crippen LogP contribution in [0.25, 0.3) is 5.82 Å². The van der Waals surface area contributed by atoms with E-state index in [1.54, 1.807) is 0 Å². The van der Waals surface area contributed by atoms with E-state index in [1.807, 2.05) is 37.2 Å². The molecule has 6 heteroatoms. The number of rotatable bonds is 5. The molecule has 2 rings (SSSR count). The van der Waals surface area contributed by atoms with Crippen LogP contribution in [-0.2, 0) is 13.6 Å². The van der Waals surface area contributed by atoms with E-state index in [2.05, 4.69) is 22.4 Å². The highest BCUT2D eigenvalue weighted by Crippen LogP contribution is 2.25. The fourth-order valence-electron chi connectivity index (χ4n) is 2.38. The third kappa shape index (κ3) is 2.60. The van der Waals surface area contributed by atoms with Crippen LogP contribution < -0.4 is 5.32 Å². The molecular formula is C14H22ClN5. The first-order valence-electron chi connectivity index (χ1n) is 6.92. The van der Waals surface area contributed by atoms with Crippen molar-refractivity contribution in [3.05, 3.63) is 27.7 Å². The van der Waals surface area contributed by atoms with Crippen molar-refractivity contribution in [1.29, 1.82) is 0 Å². The lowest BCUT2D eigenvalue weighted by molar-refractivity contribution is 0.654. The van der Waals surface area contributed by atoms with E-state index < -0.39 is 0 Å². The van der Waals surface area contributed by atoms with Crippen molar-refractivity contribution < 1.29 is 0 Å². The standard InChI is InChI=1S/C14H22ClN5/c1-6-7-16-8-12-9(2)17-19(5)14(12)20-11(4)13(15)10(3)18-20/h16H,6-8H2,1-5H3. The number of halogens is 1. The monoisotopic (exact) mass is 295 g/mol. The van der Waals surface area contributed by atoms with Crippen LogP contribution in [0.1, 0.15) is 36.0 Å². The Morgan fingerprint density at radius 2 is 1.85 bits per heavy atom. The van der Waals surface area contributed by atoms with Crippen molar-refractivity contribution in [3.63, 3.8) is 0 Å². The second-order valence-corrected chi connectivity index (χ2v) is 5.46. The summed E-state index contributed by atoms with van der Waals surface area (Å²) in [6.07, 6.45) is 1.11. The van der Waals surface area contributed by atoms with Crippen LogP contribution in [0.2, 0.25) is 5.02 Å². The predicted molar refractivity (Wildman–Crippen MR) is 81.5 cm³/mol. The van der Waals surface area contributed by atoms with Gasteiger partial charge in [0.2, 0.25) is 0 Å². The molecule has 2 aromatic rings. The molecule has 2 aromatic heterocycles. The zero-order valence-electron chi connectivity index (χ0n) is 12.8. The van der Waals surface area contributed by atoms with Crippen LogP contribution in [0.5, 0.6) is 0 Å². The normalized spacial score (nSPS) is 11.3. The Balaban J connectivity index is 2.47. The molecule has 0 bridgehead atoms. The highest BCUT2D eigenvalue weighted by Gasteiger charge is 2.19. The van der Waals surface area contributed by atoms with Gasteiger partial charge in [0, 0.05) is 19.2 Å². The van der Waals surface area contributed by atoms with Crippen LogP contribution in [0, 0.1) is 20.8 Å². The largest absolute Gasteiger partial charge is 0.312 e. The minimum absolute atomic E-state index is 0.719. The lowest BCUT2D eigenvalue weighted by Gasteiger charge is -2.09. The topological polar surface area (TPSA) is 47.7 Å². The highest BCUT2D eigenvalue weighted by molar-refractivity contribution is 6.31. The van der Waals surface area contributed by atoms with Gasteiger partial charge in [0.25, 0.3) is 0 Å². The van der Waals surface area contributed by atoms with E-state index in [-0.39, 0.29) is 0 Å². The smallest absolute Gasteiger partial charge is 0.156 e. The summed E-state index contributed by atoms with van der Waals surface area (Å²) < 4.78 is 3.76. The molecule has 0 unspecified atom stereocenters. The number of aromatic nitrogens is 4. The van der Waals surface area contributed by atoms with Gasteiger partial charge in [-0.25, -0.2) is 4.68 Å². The number of nitrogens with zero attached hydrogens (tertiary/aromatic N) is 4. The van der Waals surface area contributed by atoms with Gasteiger partial charge >= 0.3 is 0 Å². The Morgan fingerprint density at radius 1 is 1.15 bits per heavy atom. The van der Waals surface area contributed by atoms with E-state index in [4.69, 9.17) is 11.6 Å². The number of aryl methyl sites for hydroxylation is 3. The van der Waals surface area contributed by atoms with Gasteiger partial charge in [0.15, 0.2) is 5.82 Å². The molecule has 0 spiro atoms. The summed E-state index contributed by atoms with van der Waals surface area (Å²) in [4.78, 5) is 0. The average molecular weight is 296 g/mol. The van der Waals surface area contributed by atoms with Crippen molar-refractivity contribution in [3.8, 4) is 5.82 Å². The Labute approximate surface area is 124 Å². The van der Waals surface area contributed by atoms with Gasteiger partial charge in [0.1, 0.15) is 0 Å². The van der Waals surface area contributed by atoms with Crippen LogP contribution in [0.4, 0.5) is 0 Å². The summed E-state index contributed by atoms with van der Waals surface area (Å²) in [5.74, 6) is 0.985. The molecule has 5 nitrogen and oxygen atoms in total. The number of hydrogen-bond acceptors (Lipinski definition) is 3. The third-order valence-corrected chi connectivity index (χ3v) is 3.99. The number of hydrogen-bond donors (Lipinski definition) is 1. The van der Waals surface area contributed by atoms with Crippen molar-refractivity contribution in [2.24, 2.45) is 7.05 Å². The molecule has 0 saturated carbocycles. The second kappa shape index (κ2) is 5.97. The molecule has 20 heavy (non-hydrogen) atoms. The van der Waals surface area contributed by atoms with Crippen LogP contribution in [-0.4, -0.2) is 26.1 Å². The summed E-state index contributed by atoms with van der Waals surface area (Å²) in [6, 6.07) is 0. The zero-order valence-corrected chi connectivity index (χ0v) is 13.5. The quantitative estimate of drug-likeness (QED) is 0.863. The highest BCUT2D eigenvalue weighted by atomic mass is 35.5. The Bertz CT molecular complexity index is 612. The molecule has 0 aliphatic heterocycles. The van der Waals surface area contributed by atoms with Gasteiger partial charge in [-0.3, -0.25) is 4.68 Å². The first-order valence-corrected chi connectivity index (χ1v) is 7.30. The van der Waals surface area contributed by atoms with Crippen molar-refractivity contribution in [1.82, 2.24) is 24.9 Å². The molecular weight excluding hydrogens is 274 g/mol.